The Labute approximate surface area is 86.2 Å². The zero-order valence-corrected chi connectivity index (χ0v) is 8.22. The third kappa shape index (κ3) is 3.17. The van der Waals surface area contributed by atoms with Crippen LogP contribution in [0.4, 0.5) is 0 Å². The SMILES string of the molecule is O=CCC=Cc1cc(Cl)cnc1Cl. The van der Waals surface area contributed by atoms with E-state index in [0.29, 0.717) is 16.6 Å². The molecule has 0 saturated carbocycles. The molecule has 0 spiro atoms. The Bertz CT molecular complexity index is 336. The van der Waals surface area contributed by atoms with E-state index in [2.05, 4.69) is 4.98 Å². The first-order valence-electron chi connectivity index (χ1n) is 3.65. The minimum Gasteiger partial charge on any atom is -0.303 e. The second-order valence-corrected chi connectivity index (χ2v) is 3.13. The molecule has 0 N–H and O–H groups in total. The number of allylic oxidation sites excluding steroid dienone is 1. The number of hydrogen-bond acceptors (Lipinski definition) is 2. The molecule has 2 nitrogen and oxygen atoms in total. The second kappa shape index (κ2) is 5.00. The van der Waals surface area contributed by atoms with Crippen LogP contribution in [0.2, 0.25) is 10.2 Å². The zero-order valence-electron chi connectivity index (χ0n) is 6.71. The Morgan fingerprint density at radius 1 is 1.46 bits per heavy atom. The van der Waals surface area contributed by atoms with Crippen LogP contribution in [0.25, 0.3) is 6.08 Å². The average Bonchev–Trinajstić information content (AvgIpc) is 2.11. The predicted octanol–water partition coefficient (Wildman–Crippen LogP) is 2.99. The van der Waals surface area contributed by atoms with Gasteiger partial charge in [-0.3, -0.25) is 0 Å². The minimum absolute atomic E-state index is 0.364. The quantitative estimate of drug-likeness (QED) is 0.574. The highest BCUT2D eigenvalue weighted by Gasteiger charge is 1.97. The average molecular weight is 216 g/mol. The number of rotatable bonds is 3. The smallest absolute Gasteiger partial charge is 0.136 e. The first kappa shape index (κ1) is 10.2. The molecule has 0 atom stereocenters. The summed E-state index contributed by atoms with van der Waals surface area (Å²) in [5, 5.41) is 0.904. The van der Waals surface area contributed by atoms with Gasteiger partial charge in [0.1, 0.15) is 11.4 Å². The fourth-order valence-corrected chi connectivity index (χ4v) is 1.14. The Morgan fingerprint density at radius 3 is 2.92 bits per heavy atom. The fraction of sp³-hybridized carbons (Fsp3) is 0.111. The molecule has 1 heterocycles. The van der Waals surface area contributed by atoms with Gasteiger partial charge in [-0.25, -0.2) is 4.98 Å². The zero-order chi connectivity index (χ0) is 9.68. The van der Waals surface area contributed by atoms with Crippen LogP contribution in [0.15, 0.2) is 18.3 Å². The summed E-state index contributed by atoms with van der Waals surface area (Å²) in [6, 6.07) is 1.69. The lowest BCUT2D eigenvalue weighted by Gasteiger charge is -1.96. The van der Waals surface area contributed by atoms with E-state index in [9.17, 15) is 4.79 Å². The Morgan fingerprint density at radius 2 is 2.23 bits per heavy atom. The van der Waals surface area contributed by atoms with Crippen molar-refractivity contribution >= 4 is 35.6 Å². The molecule has 0 saturated heterocycles. The molecule has 0 aliphatic rings. The molecular formula is C9H7Cl2NO. The minimum atomic E-state index is 0.364. The second-order valence-electron chi connectivity index (χ2n) is 2.34. The molecule has 0 bridgehead atoms. The highest BCUT2D eigenvalue weighted by Crippen LogP contribution is 2.18. The molecule has 0 aromatic carbocycles. The van der Waals surface area contributed by atoms with Gasteiger partial charge in [0.15, 0.2) is 0 Å². The van der Waals surface area contributed by atoms with Crippen LogP contribution < -0.4 is 0 Å². The van der Waals surface area contributed by atoms with Crippen molar-refractivity contribution in [3.05, 3.63) is 34.1 Å². The lowest BCUT2D eigenvalue weighted by Crippen LogP contribution is -1.80. The Hall–Kier alpha value is -0.860. The molecule has 1 aromatic heterocycles. The lowest BCUT2D eigenvalue weighted by molar-refractivity contribution is -0.107. The summed E-state index contributed by atoms with van der Waals surface area (Å²) in [7, 11) is 0. The van der Waals surface area contributed by atoms with Crippen molar-refractivity contribution in [2.75, 3.05) is 0 Å². The summed E-state index contributed by atoms with van der Waals surface area (Å²) in [5.74, 6) is 0. The van der Waals surface area contributed by atoms with Crippen molar-refractivity contribution in [2.24, 2.45) is 0 Å². The van der Waals surface area contributed by atoms with Crippen molar-refractivity contribution < 1.29 is 4.79 Å². The van der Waals surface area contributed by atoms with Crippen LogP contribution in [0.3, 0.4) is 0 Å². The summed E-state index contributed by atoms with van der Waals surface area (Å²) >= 11 is 11.5. The highest BCUT2D eigenvalue weighted by atomic mass is 35.5. The van der Waals surface area contributed by atoms with E-state index in [0.717, 1.165) is 11.8 Å². The predicted molar refractivity (Wildman–Crippen MR) is 54.0 cm³/mol. The maximum Gasteiger partial charge on any atom is 0.136 e. The fourth-order valence-electron chi connectivity index (χ4n) is 0.806. The van der Waals surface area contributed by atoms with Crippen LogP contribution >= 0.6 is 23.2 Å². The summed E-state index contributed by atoms with van der Waals surface area (Å²) in [4.78, 5) is 13.9. The molecule has 13 heavy (non-hydrogen) atoms. The number of hydrogen-bond donors (Lipinski definition) is 0. The largest absolute Gasteiger partial charge is 0.303 e. The van der Waals surface area contributed by atoms with E-state index in [1.54, 1.807) is 18.2 Å². The topological polar surface area (TPSA) is 30.0 Å². The Kier molecular flexibility index (Phi) is 3.93. The molecule has 68 valence electrons. The van der Waals surface area contributed by atoms with Gasteiger partial charge in [0.2, 0.25) is 0 Å². The molecule has 0 aliphatic carbocycles. The summed E-state index contributed by atoms with van der Waals surface area (Å²) in [5.41, 5.74) is 0.719. The van der Waals surface area contributed by atoms with Crippen LogP contribution in [-0.4, -0.2) is 11.3 Å². The normalized spacial score (nSPS) is 10.6. The third-order valence-corrected chi connectivity index (χ3v) is 1.89. The van der Waals surface area contributed by atoms with Gasteiger partial charge in [0.05, 0.1) is 5.02 Å². The molecule has 0 amide bonds. The van der Waals surface area contributed by atoms with Gasteiger partial charge in [-0.2, -0.15) is 0 Å². The van der Waals surface area contributed by atoms with Gasteiger partial charge in [0, 0.05) is 18.2 Å². The van der Waals surface area contributed by atoms with E-state index in [1.807, 2.05) is 0 Å². The Balaban J connectivity index is 2.86. The first-order valence-corrected chi connectivity index (χ1v) is 4.41. The van der Waals surface area contributed by atoms with E-state index in [1.165, 1.54) is 6.20 Å². The molecule has 0 unspecified atom stereocenters. The lowest BCUT2D eigenvalue weighted by atomic mass is 10.2. The summed E-state index contributed by atoms with van der Waals surface area (Å²) in [6.07, 6.45) is 6.06. The summed E-state index contributed by atoms with van der Waals surface area (Å²) in [6.45, 7) is 0. The van der Waals surface area contributed by atoms with Gasteiger partial charge in [-0.1, -0.05) is 35.4 Å². The van der Waals surface area contributed by atoms with Crippen LogP contribution in [0.5, 0.6) is 0 Å². The number of halogens is 2. The molecule has 0 aliphatic heterocycles. The maximum absolute atomic E-state index is 10.0. The van der Waals surface area contributed by atoms with Crippen molar-refractivity contribution in [1.82, 2.24) is 4.98 Å². The van der Waals surface area contributed by atoms with Crippen LogP contribution in [0.1, 0.15) is 12.0 Å². The van der Waals surface area contributed by atoms with Gasteiger partial charge < -0.3 is 4.79 Å². The number of aldehydes is 1. The molecule has 4 heteroatoms. The van der Waals surface area contributed by atoms with Crippen molar-refractivity contribution in [2.45, 2.75) is 6.42 Å². The standard InChI is InChI=1S/C9H7Cl2NO/c10-8-5-7(3-1-2-4-13)9(11)12-6-8/h1,3-6H,2H2. The van der Waals surface area contributed by atoms with Crippen molar-refractivity contribution in [1.29, 1.82) is 0 Å². The van der Waals surface area contributed by atoms with E-state index >= 15 is 0 Å². The third-order valence-electron chi connectivity index (χ3n) is 1.36. The van der Waals surface area contributed by atoms with Gasteiger partial charge in [-0.15, -0.1) is 0 Å². The number of nitrogens with zero attached hydrogens (tertiary/aromatic N) is 1. The number of pyridine rings is 1. The maximum atomic E-state index is 10.0. The molecule has 0 radical (unpaired) electrons. The number of carbonyl (C=O) groups is 1. The van der Waals surface area contributed by atoms with Crippen LogP contribution in [0, 0.1) is 0 Å². The van der Waals surface area contributed by atoms with Crippen molar-refractivity contribution in [3.8, 4) is 0 Å². The van der Waals surface area contributed by atoms with E-state index in [-0.39, 0.29) is 0 Å². The van der Waals surface area contributed by atoms with Crippen LogP contribution in [-0.2, 0) is 4.79 Å². The van der Waals surface area contributed by atoms with E-state index in [4.69, 9.17) is 23.2 Å². The molecule has 0 fully saturated rings. The van der Waals surface area contributed by atoms with Gasteiger partial charge >= 0.3 is 0 Å². The molecular weight excluding hydrogens is 209 g/mol. The van der Waals surface area contributed by atoms with Crippen molar-refractivity contribution in [3.63, 3.8) is 0 Å². The first-order chi connectivity index (χ1) is 6.24. The number of aromatic nitrogens is 1. The molecule has 1 aromatic rings. The van der Waals surface area contributed by atoms with E-state index < -0.39 is 0 Å². The molecule has 1 rings (SSSR count). The monoisotopic (exact) mass is 215 g/mol. The van der Waals surface area contributed by atoms with Gasteiger partial charge in [-0.05, 0) is 6.07 Å². The summed E-state index contributed by atoms with van der Waals surface area (Å²) < 4.78 is 0. The number of carbonyl (C=O) groups excluding carboxylic acids is 1. The highest BCUT2D eigenvalue weighted by molar-refractivity contribution is 6.33. The van der Waals surface area contributed by atoms with Gasteiger partial charge in [0.25, 0.3) is 0 Å².